The number of nitrogens with one attached hydrogen (secondary N) is 1. The van der Waals surface area contributed by atoms with Gasteiger partial charge in [-0.05, 0) is 50.2 Å². The molecule has 1 saturated heterocycles. The second-order valence-corrected chi connectivity index (χ2v) is 10.7. The molecule has 3 aliphatic rings. The van der Waals surface area contributed by atoms with Crippen molar-refractivity contribution in [2.75, 3.05) is 66.3 Å². The zero-order chi connectivity index (χ0) is 26.6. The molecule has 1 aromatic heterocycles. The van der Waals surface area contributed by atoms with E-state index in [1.807, 2.05) is 30.0 Å². The Labute approximate surface area is 231 Å². The molecule has 6 rings (SSSR count). The lowest BCUT2D eigenvalue weighted by molar-refractivity contribution is 0.0999. The van der Waals surface area contributed by atoms with E-state index in [0.717, 1.165) is 48.7 Å². The first-order valence-corrected chi connectivity index (χ1v) is 13.4. The summed E-state index contributed by atoms with van der Waals surface area (Å²) in [6.45, 7) is 9.05. The van der Waals surface area contributed by atoms with Crippen LogP contribution in [0.4, 0.5) is 28.8 Å². The summed E-state index contributed by atoms with van der Waals surface area (Å²) in [6.07, 6.45) is 1.56. The zero-order valence-electron chi connectivity index (χ0n) is 21.5. The lowest BCUT2D eigenvalue weighted by Crippen LogP contribution is -2.51. The zero-order valence-corrected chi connectivity index (χ0v) is 23.0. The minimum atomic E-state index is -0.255. The molecule has 0 radical (unpaired) electrons. The predicted octanol–water partition coefficient (Wildman–Crippen LogP) is 4.73. The summed E-state index contributed by atoms with van der Waals surface area (Å²) in [5, 5.41) is 4.46. The van der Waals surface area contributed by atoms with Crippen LogP contribution in [0.2, 0.25) is 10.0 Å². The van der Waals surface area contributed by atoms with E-state index >= 15 is 0 Å². The third kappa shape index (κ3) is 4.24. The molecule has 0 bridgehead atoms. The van der Waals surface area contributed by atoms with E-state index in [1.54, 1.807) is 17.2 Å². The fourth-order valence-electron chi connectivity index (χ4n) is 5.30. The van der Waals surface area contributed by atoms with Crippen LogP contribution in [0.1, 0.15) is 21.5 Å². The van der Waals surface area contributed by atoms with Gasteiger partial charge >= 0.3 is 0 Å². The van der Waals surface area contributed by atoms with Crippen LogP contribution in [0.15, 0.2) is 41.5 Å². The van der Waals surface area contributed by atoms with Crippen LogP contribution in [0.3, 0.4) is 0 Å². The molecule has 0 aliphatic carbocycles. The first kappa shape index (κ1) is 24.9. The minimum Gasteiger partial charge on any atom is -0.368 e. The number of amides is 1. The van der Waals surface area contributed by atoms with E-state index in [9.17, 15) is 4.79 Å². The Morgan fingerprint density at radius 3 is 2.47 bits per heavy atom. The number of aliphatic imine (C=N–C) groups is 1. The molecular weight excluding hydrogens is 523 g/mol. The summed E-state index contributed by atoms with van der Waals surface area (Å²) < 4.78 is 0. The van der Waals surface area contributed by atoms with Gasteiger partial charge in [-0.1, -0.05) is 35.3 Å². The molecule has 11 heteroatoms. The summed E-state index contributed by atoms with van der Waals surface area (Å²) in [5.74, 6) is 1.18. The highest BCUT2D eigenvalue weighted by Gasteiger charge is 2.41. The molecule has 4 heterocycles. The first-order valence-electron chi connectivity index (χ1n) is 12.6. The van der Waals surface area contributed by atoms with Gasteiger partial charge in [-0.2, -0.15) is 4.98 Å². The van der Waals surface area contributed by atoms with Gasteiger partial charge in [-0.15, -0.1) is 0 Å². The van der Waals surface area contributed by atoms with Crippen LogP contribution in [0.5, 0.6) is 0 Å². The Morgan fingerprint density at radius 1 is 0.947 bits per heavy atom. The molecular formula is C27H28Cl2N8O. The van der Waals surface area contributed by atoms with Gasteiger partial charge in [0.2, 0.25) is 11.9 Å². The van der Waals surface area contributed by atoms with Gasteiger partial charge in [-0.3, -0.25) is 14.7 Å². The fraction of sp³-hybridized carbons (Fsp3) is 0.333. The SMILES string of the molecule is Cc1cc(Nc2ncc3c(n2)N2CCN=C2N(c2c(C)cccc2Cl)C3=O)cc(Cl)c1N1CCN(C)CC1. The summed E-state index contributed by atoms with van der Waals surface area (Å²) in [4.78, 5) is 35.7. The van der Waals surface area contributed by atoms with Crippen LogP contribution in [-0.2, 0) is 0 Å². The van der Waals surface area contributed by atoms with Gasteiger partial charge in [0.15, 0.2) is 5.82 Å². The third-order valence-electron chi connectivity index (χ3n) is 7.22. The van der Waals surface area contributed by atoms with Crippen molar-refractivity contribution in [2.24, 2.45) is 4.99 Å². The molecule has 1 N–H and O–H groups in total. The predicted molar refractivity (Wildman–Crippen MR) is 154 cm³/mol. The Kier molecular flexibility index (Phi) is 6.37. The Bertz CT molecular complexity index is 1420. The number of piperazine rings is 1. The highest BCUT2D eigenvalue weighted by atomic mass is 35.5. The number of para-hydroxylation sites is 1. The molecule has 38 heavy (non-hydrogen) atoms. The smallest absolute Gasteiger partial charge is 0.270 e. The van der Waals surface area contributed by atoms with Crippen LogP contribution in [0.25, 0.3) is 0 Å². The quantitative estimate of drug-likeness (QED) is 0.502. The molecule has 3 aliphatic heterocycles. The van der Waals surface area contributed by atoms with E-state index in [2.05, 4.69) is 45.1 Å². The first-order chi connectivity index (χ1) is 18.3. The lowest BCUT2D eigenvalue weighted by Gasteiger charge is -2.36. The van der Waals surface area contributed by atoms with Crippen molar-refractivity contribution in [2.45, 2.75) is 13.8 Å². The average molecular weight is 551 g/mol. The van der Waals surface area contributed by atoms with Crippen molar-refractivity contribution in [3.05, 3.63) is 63.3 Å². The number of aromatic nitrogens is 2. The van der Waals surface area contributed by atoms with Crippen molar-refractivity contribution >= 4 is 63.9 Å². The maximum atomic E-state index is 13.7. The Hall–Kier alpha value is -3.40. The van der Waals surface area contributed by atoms with Gasteiger partial charge in [0.05, 0.1) is 28.0 Å². The summed E-state index contributed by atoms with van der Waals surface area (Å²) >= 11 is 13.3. The number of guanidine groups is 1. The molecule has 2 aromatic carbocycles. The Morgan fingerprint density at radius 2 is 1.74 bits per heavy atom. The van der Waals surface area contributed by atoms with Crippen LogP contribution in [-0.4, -0.2) is 73.1 Å². The standard InChI is InChI=1S/C27H28Cl2N8O/c1-16-5-4-6-20(28)23(16)37-25(38)19-15-31-26(33-24(19)36-8-7-30-27(36)37)32-18-13-17(2)22(21(29)14-18)35-11-9-34(3)10-12-35/h4-6,13-15H,7-12H2,1-3H3,(H,31,32,33). The number of benzene rings is 2. The van der Waals surface area contributed by atoms with E-state index < -0.39 is 0 Å². The second kappa shape index (κ2) is 9.72. The number of rotatable bonds is 4. The van der Waals surface area contributed by atoms with Gasteiger partial charge in [0, 0.05) is 44.6 Å². The number of nitrogens with zero attached hydrogens (tertiary/aromatic N) is 7. The van der Waals surface area contributed by atoms with E-state index in [4.69, 9.17) is 28.2 Å². The lowest BCUT2D eigenvalue weighted by atomic mass is 10.1. The summed E-state index contributed by atoms with van der Waals surface area (Å²) in [5.41, 5.74) is 4.84. The monoisotopic (exact) mass is 550 g/mol. The van der Waals surface area contributed by atoms with Crippen molar-refractivity contribution in [3.63, 3.8) is 0 Å². The molecule has 1 fully saturated rings. The summed E-state index contributed by atoms with van der Waals surface area (Å²) in [6, 6.07) is 9.52. The topological polar surface area (TPSA) is 80.2 Å². The molecule has 0 saturated carbocycles. The largest absolute Gasteiger partial charge is 0.368 e. The molecule has 0 atom stereocenters. The number of halogens is 2. The molecule has 1 amide bonds. The number of hydrogen-bond acceptors (Lipinski definition) is 8. The summed E-state index contributed by atoms with van der Waals surface area (Å²) in [7, 11) is 2.14. The highest BCUT2D eigenvalue weighted by molar-refractivity contribution is 6.38. The number of hydrogen-bond donors (Lipinski definition) is 1. The normalized spacial score (nSPS) is 17.4. The number of likely N-dealkylation sites (N-methyl/N-ethyl adjacent to an activating group) is 1. The number of anilines is 5. The molecule has 0 spiro atoms. The average Bonchev–Trinajstić information content (AvgIpc) is 3.36. The minimum absolute atomic E-state index is 0.255. The van der Waals surface area contributed by atoms with E-state index in [0.29, 0.717) is 52.1 Å². The van der Waals surface area contributed by atoms with Gasteiger partial charge in [0.1, 0.15) is 5.56 Å². The number of fused-ring (bicyclic) bond motifs is 3. The molecule has 0 unspecified atom stereocenters. The van der Waals surface area contributed by atoms with Crippen molar-refractivity contribution in [1.82, 2.24) is 14.9 Å². The molecule has 196 valence electrons. The van der Waals surface area contributed by atoms with Gasteiger partial charge in [0.25, 0.3) is 5.91 Å². The maximum absolute atomic E-state index is 13.7. The molecule has 3 aromatic rings. The highest BCUT2D eigenvalue weighted by Crippen LogP contribution is 2.38. The third-order valence-corrected chi connectivity index (χ3v) is 7.81. The number of aryl methyl sites for hydroxylation is 2. The van der Waals surface area contributed by atoms with Crippen LogP contribution >= 0.6 is 23.2 Å². The van der Waals surface area contributed by atoms with Gasteiger partial charge in [-0.25, -0.2) is 9.88 Å². The maximum Gasteiger partial charge on any atom is 0.270 e. The van der Waals surface area contributed by atoms with E-state index in [-0.39, 0.29) is 5.91 Å². The van der Waals surface area contributed by atoms with Gasteiger partial charge < -0.3 is 15.1 Å². The van der Waals surface area contributed by atoms with Crippen molar-refractivity contribution in [3.8, 4) is 0 Å². The van der Waals surface area contributed by atoms with Crippen LogP contribution < -0.4 is 20.0 Å². The molecule has 9 nitrogen and oxygen atoms in total. The van der Waals surface area contributed by atoms with Crippen molar-refractivity contribution < 1.29 is 4.79 Å². The fourth-order valence-corrected chi connectivity index (χ4v) is 6.00. The van der Waals surface area contributed by atoms with Crippen molar-refractivity contribution in [1.29, 1.82) is 0 Å². The Balaban J connectivity index is 1.31. The second-order valence-electron chi connectivity index (χ2n) is 9.85. The number of carbonyl (C=O) groups excluding carboxylic acids is 1. The number of carbonyl (C=O) groups is 1. The van der Waals surface area contributed by atoms with Crippen LogP contribution in [0, 0.1) is 13.8 Å². The van der Waals surface area contributed by atoms with E-state index in [1.165, 1.54) is 0 Å².